The molecular weight excluding hydrogens is 389 g/mol. The monoisotopic (exact) mass is 406 g/mol. The summed E-state index contributed by atoms with van der Waals surface area (Å²) >= 11 is 1.71. The maximum Gasteiger partial charge on any atom is 0.272 e. The minimum Gasteiger partial charge on any atom is -0.487 e. The summed E-state index contributed by atoms with van der Waals surface area (Å²) in [5.41, 5.74) is 2.24. The van der Waals surface area contributed by atoms with E-state index >= 15 is 0 Å². The second-order valence-electron chi connectivity index (χ2n) is 5.73. The van der Waals surface area contributed by atoms with Crippen LogP contribution in [0.15, 0.2) is 48.8 Å². The van der Waals surface area contributed by atoms with Crippen molar-refractivity contribution in [3.8, 4) is 17.1 Å². The van der Waals surface area contributed by atoms with E-state index in [1.165, 1.54) is 18.5 Å². The Balaban J connectivity index is 1.86. The molecule has 0 aliphatic heterocycles. The zero-order valence-corrected chi connectivity index (χ0v) is 15.7. The first-order valence-corrected chi connectivity index (χ1v) is 9.69. The number of alkyl halides is 2. The molecule has 1 N–H and O–H groups in total. The summed E-state index contributed by atoms with van der Waals surface area (Å²) in [7, 11) is 0. The SMILES string of the molecule is CSCc1cccc(Nc2ncnc(-c3ccc(F)cc3OCC(F)F)n2)c1. The van der Waals surface area contributed by atoms with Gasteiger partial charge in [-0.25, -0.2) is 23.1 Å². The molecule has 9 heteroatoms. The van der Waals surface area contributed by atoms with Crippen LogP contribution in [0.1, 0.15) is 5.56 Å². The highest BCUT2D eigenvalue weighted by atomic mass is 32.2. The first kappa shape index (κ1) is 19.9. The van der Waals surface area contributed by atoms with Crippen molar-refractivity contribution in [2.24, 2.45) is 0 Å². The fraction of sp³-hybridized carbons (Fsp3) is 0.211. The van der Waals surface area contributed by atoms with Gasteiger partial charge in [0.15, 0.2) is 5.82 Å². The van der Waals surface area contributed by atoms with Crippen molar-refractivity contribution in [3.05, 3.63) is 60.2 Å². The molecule has 0 amide bonds. The molecule has 3 rings (SSSR count). The molecule has 0 bridgehead atoms. The summed E-state index contributed by atoms with van der Waals surface area (Å²) in [6.07, 6.45) is 0.631. The minimum absolute atomic E-state index is 0.0561. The summed E-state index contributed by atoms with van der Waals surface area (Å²) in [4.78, 5) is 12.4. The molecule has 0 radical (unpaired) electrons. The molecule has 0 spiro atoms. The zero-order valence-electron chi connectivity index (χ0n) is 14.9. The van der Waals surface area contributed by atoms with E-state index in [4.69, 9.17) is 4.74 Å². The Bertz CT molecular complexity index is 943. The number of nitrogens with one attached hydrogen (secondary N) is 1. The van der Waals surface area contributed by atoms with Gasteiger partial charge in [0.1, 0.15) is 24.5 Å². The molecule has 0 aliphatic rings. The number of nitrogens with zero attached hydrogens (tertiary/aromatic N) is 3. The fourth-order valence-corrected chi connectivity index (χ4v) is 2.99. The third-order valence-corrected chi connectivity index (χ3v) is 4.24. The van der Waals surface area contributed by atoms with Gasteiger partial charge in [-0.3, -0.25) is 0 Å². The lowest BCUT2D eigenvalue weighted by Crippen LogP contribution is -2.08. The standard InChI is InChI=1S/C19H17F3N4OS/c1-28-10-12-3-2-4-14(7-12)25-19-24-11-23-18(26-19)15-6-5-13(20)8-16(15)27-9-17(21)22/h2-8,11,17H,9-10H2,1H3,(H,23,24,25,26). The molecule has 0 atom stereocenters. The van der Waals surface area contributed by atoms with Gasteiger partial charge >= 0.3 is 0 Å². The van der Waals surface area contributed by atoms with Crippen LogP contribution in [0.3, 0.4) is 0 Å². The lowest BCUT2D eigenvalue weighted by Gasteiger charge is -2.11. The van der Waals surface area contributed by atoms with Crippen LogP contribution in [0.2, 0.25) is 0 Å². The average molecular weight is 406 g/mol. The second-order valence-corrected chi connectivity index (χ2v) is 6.60. The van der Waals surface area contributed by atoms with E-state index in [0.717, 1.165) is 23.1 Å². The topological polar surface area (TPSA) is 59.9 Å². The molecule has 1 aromatic heterocycles. The van der Waals surface area contributed by atoms with Crippen LogP contribution < -0.4 is 10.1 Å². The molecule has 28 heavy (non-hydrogen) atoms. The largest absolute Gasteiger partial charge is 0.487 e. The van der Waals surface area contributed by atoms with Crippen LogP contribution in [0.5, 0.6) is 5.75 Å². The summed E-state index contributed by atoms with van der Waals surface area (Å²) in [5.74, 6) is 0.668. The van der Waals surface area contributed by atoms with Crippen molar-refractivity contribution in [3.63, 3.8) is 0 Å². The van der Waals surface area contributed by atoms with Gasteiger partial charge in [-0.15, -0.1) is 0 Å². The molecule has 0 saturated heterocycles. The van der Waals surface area contributed by atoms with Crippen molar-refractivity contribution < 1.29 is 17.9 Å². The zero-order chi connectivity index (χ0) is 19.9. The summed E-state index contributed by atoms with van der Waals surface area (Å²) < 4.78 is 43.5. The van der Waals surface area contributed by atoms with Crippen LogP contribution in [0.4, 0.5) is 24.8 Å². The van der Waals surface area contributed by atoms with Crippen molar-refractivity contribution in [1.29, 1.82) is 0 Å². The second kappa shape index (κ2) is 9.41. The Morgan fingerprint density at radius 3 is 2.79 bits per heavy atom. The highest BCUT2D eigenvalue weighted by molar-refractivity contribution is 7.97. The van der Waals surface area contributed by atoms with Gasteiger partial charge in [0, 0.05) is 17.5 Å². The molecule has 1 heterocycles. The molecule has 146 valence electrons. The third kappa shape index (κ3) is 5.35. The van der Waals surface area contributed by atoms with Crippen molar-refractivity contribution in [1.82, 2.24) is 15.0 Å². The van der Waals surface area contributed by atoms with Gasteiger partial charge in [0.05, 0.1) is 5.56 Å². The number of ether oxygens (including phenoxy) is 1. The van der Waals surface area contributed by atoms with Gasteiger partial charge in [0.2, 0.25) is 5.95 Å². The minimum atomic E-state index is -2.68. The van der Waals surface area contributed by atoms with Crippen LogP contribution >= 0.6 is 11.8 Å². The van der Waals surface area contributed by atoms with E-state index in [1.807, 2.05) is 30.5 Å². The number of rotatable bonds is 8. The Labute approximate surface area is 164 Å². The van der Waals surface area contributed by atoms with E-state index in [-0.39, 0.29) is 17.5 Å². The fourth-order valence-electron chi connectivity index (χ4n) is 2.47. The van der Waals surface area contributed by atoms with Gasteiger partial charge in [-0.05, 0) is 36.1 Å². The van der Waals surface area contributed by atoms with E-state index in [0.29, 0.717) is 5.56 Å². The van der Waals surface area contributed by atoms with E-state index in [2.05, 4.69) is 20.3 Å². The van der Waals surface area contributed by atoms with E-state index in [1.54, 1.807) is 11.8 Å². The number of thioether (sulfide) groups is 1. The smallest absolute Gasteiger partial charge is 0.272 e. The van der Waals surface area contributed by atoms with Crippen LogP contribution in [0, 0.1) is 5.82 Å². The number of hydrogen-bond acceptors (Lipinski definition) is 6. The number of anilines is 2. The molecule has 0 saturated carbocycles. The van der Waals surface area contributed by atoms with E-state index < -0.39 is 18.8 Å². The Morgan fingerprint density at radius 1 is 1.14 bits per heavy atom. The summed E-state index contributed by atoms with van der Waals surface area (Å²) in [5, 5.41) is 3.09. The van der Waals surface area contributed by atoms with Crippen molar-refractivity contribution >= 4 is 23.4 Å². The van der Waals surface area contributed by atoms with Gasteiger partial charge in [-0.1, -0.05) is 12.1 Å². The highest BCUT2D eigenvalue weighted by Crippen LogP contribution is 2.29. The molecule has 3 aromatic rings. The molecule has 0 fully saturated rings. The lowest BCUT2D eigenvalue weighted by atomic mass is 10.2. The predicted octanol–water partition coefficient (Wildman–Crippen LogP) is 4.93. The number of aromatic nitrogens is 3. The van der Waals surface area contributed by atoms with Crippen molar-refractivity contribution in [2.45, 2.75) is 12.2 Å². The quantitative estimate of drug-likeness (QED) is 0.573. The van der Waals surface area contributed by atoms with Crippen LogP contribution in [-0.2, 0) is 5.75 Å². The number of benzene rings is 2. The maximum atomic E-state index is 13.5. The normalized spacial score (nSPS) is 10.9. The molecule has 2 aromatic carbocycles. The Hall–Kier alpha value is -2.81. The first-order valence-electron chi connectivity index (χ1n) is 8.30. The Kier molecular flexibility index (Phi) is 6.70. The number of hydrogen-bond donors (Lipinski definition) is 1. The summed E-state index contributed by atoms with van der Waals surface area (Å²) in [6.45, 7) is -0.852. The lowest BCUT2D eigenvalue weighted by molar-refractivity contribution is 0.0820. The third-order valence-electron chi connectivity index (χ3n) is 3.62. The summed E-state index contributed by atoms with van der Waals surface area (Å²) in [6, 6.07) is 11.4. The Morgan fingerprint density at radius 2 is 2.00 bits per heavy atom. The van der Waals surface area contributed by atoms with Gasteiger partial charge < -0.3 is 10.1 Å². The van der Waals surface area contributed by atoms with Crippen LogP contribution in [-0.4, -0.2) is 34.2 Å². The molecular formula is C19H17F3N4OS. The van der Waals surface area contributed by atoms with E-state index in [9.17, 15) is 13.2 Å². The first-order chi connectivity index (χ1) is 13.5. The maximum absolute atomic E-state index is 13.5. The van der Waals surface area contributed by atoms with Gasteiger partial charge in [-0.2, -0.15) is 16.7 Å². The average Bonchev–Trinajstić information content (AvgIpc) is 2.67. The predicted molar refractivity (Wildman–Crippen MR) is 104 cm³/mol. The molecule has 5 nitrogen and oxygen atoms in total. The molecule has 0 aliphatic carbocycles. The highest BCUT2D eigenvalue weighted by Gasteiger charge is 2.14. The van der Waals surface area contributed by atoms with Gasteiger partial charge in [0.25, 0.3) is 6.43 Å². The van der Waals surface area contributed by atoms with Crippen molar-refractivity contribution in [2.75, 3.05) is 18.2 Å². The molecule has 0 unspecified atom stereocenters. The van der Waals surface area contributed by atoms with Crippen LogP contribution in [0.25, 0.3) is 11.4 Å². The number of halogens is 3.